The van der Waals surface area contributed by atoms with Crippen LogP contribution in [0, 0.1) is 12.7 Å². The molecule has 0 radical (unpaired) electrons. The first-order chi connectivity index (χ1) is 16.5. The van der Waals surface area contributed by atoms with E-state index in [0.717, 1.165) is 46.9 Å². The Bertz CT molecular complexity index is 1380. The van der Waals surface area contributed by atoms with Crippen LogP contribution in [-0.4, -0.2) is 23.1 Å². The van der Waals surface area contributed by atoms with Crippen LogP contribution in [-0.2, 0) is 6.42 Å². The third-order valence-electron chi connectivity index (χ3n) is 6.51. The molecule has 0 spiro atoms. The molecule has 0 saturated heterocycles. The quantitative estimate of drug-likeness (QED) is 0.365. The monoisotopic (exact) mass is 453 g/mol. The Kier molecular flexibility index (Phi) is 6.01. The standard InChI is InChI=1S/C29H28FN3O/c1-4-26(24-11-12-27-23(19(24)3)6-5-14-31-27)32-15-13-22-16-25-18(2)17-34-29(25)28(33-22)20-7-9-21(30)10-8-20/h4-12,14,16,18,32H,13,15,17H2,1-3H3/b26-4-. The molecule has 4 aromatic rings. The lowest BCUT2D eigenvalue weighted by Gasteiger charge is -2.16. The SMILES string of the molecule is C/C=C(\NCCc1cc2c(c(-c3ccc(F)cc3)n1)OCC2C)c1ccc2ncccc2c1C. The minimum Gasteiger partial charge on any atom is -0.490 e. The maximum absolute atomic E-state index is 13.5. The summed E-state index contributed by atoms with van der Waals surface area (Å²) in [6.45, 7) is 7.74. The van der Waals surface area contributed by atoms with Crippen molar-refractivity contribution in [1.82, 2.24) is 15.3 Å². The van der Waals surface area contributed by atoms with Crippen LogP contribution in [0.4, 0.5) is 4.39 Å². The Labute approximate surface area is 199 Å². The Morgan fingerprint density at radius 3 is 2.79 bits per heavy atom. The number of halogens is 1. The molecule has 0 fully saturated rings. The number of nitrogens with one attached hydrogen (secondary N) is 1. The van der Waals surface area contributed by atoms with Crippen molar-refractivity contribution in [1.29, 1.82) is 0 Å². The molecule has 0 saturated carbocycles. The van der Waals surface area contributed by atoms with E-state index in [4.69, 9.17) is 9.72 Å². The molecule has 1 unspecified atom stereocenters. The number of ether oxygens (including phenoxy) is 1. The van der Waals surface area contributed by atoms with Gasteiger partial charge in [-0.3, -0.25) is 4.98 Å². The van der Waals surface area contributed by atoms with Crippen LogP contribution in [0.25, 0.3) is 27.9 Å². The molecule has 1 aliphatic heterocycles. The van der Waals surface area contributed by atoms with Crippen molar-refractivity contribution in [2.75, 3.05) is 13.2 Å². The number of hydrogen-bond donors (Lipinski definition) is 1. The highest BCUT2D eigenvalue weighted by Gasteiger charge is 2.26. The van der Waals surface area contributed by atoms with E-state index in [9.17, 15) is 4.39 Å². The van der Waals surface area contributed by atoms with E-state index in [1.54, 1.807) is 12.1 Å². The van der Waals surface area contributed by atoms with Gasteiger partial charge in [-0.2, -0.15) is 0 Å². The van der Waals surface area contributed by atoms with Crippen molar-refractivity contribution < 1.29 is 9.13 Å². The predicted molar refractivity (Wildman–Crippen MR) is 135 cm³/mol. The lowest BCUT2D eigenvalue weighted by atomic mass is 9.99. The molecule has 2 aromatic heterocycles. The molecule has 0 bridgehead atoms. The number of nitrogens with zero attached hydrogens (tertiary/aromatic N) is 2. The van der Waals surface area contributed by atoms with Gasteiger partial charge in [0.1, 0.15) is 17.3 Å². The summed E-state index contributed by atoms with van der Waals surface area (Å²) in [7, 11) is 0. The maximum atomic E-state index is 13.5. The molecule has 0 aliphatic carbocycles. The highest BCUT2D eigenvalue weighted by Crippen LogP contribution is 2.41. The third-order valence-corrected chi connectivity index (χ3v) is 6.51. The topological polar surface area (TPSA) is 47.0 Å². The average molecular weight is 454 g/mol. The van der Waals surface area contributed by atoms with Gasteiger partial charge in [-0.05, 0) is 61.9 Å². The van der Waals surface area contributed by atoms with Gasteiger partial charge < -0.3 is 10.1 Å². The van der Waals surface area contributed by atoms with Crippen LogP contribution in [0.1, 0.15) is 42.1 Å². The normalized spacial score (nSPS) is 15.3. The largest absolute Gasteiger partial charge is 0.490 e. The third kappa shape index (κ3) is 4.14. The number of hydrogen-bond acceptors (Lipinski definition) is 4. The van der Waals surface area contributed by atoms with E-state index >= 15 is 0 Å². The van der Waals surface area contributed by atoms with E-state index in [1.807, 2.05) is 12.3 Å². The fraction of sp³-hybridized carbons (Fsp3) is 0.241. The average Bonchev–Trinajstić information content (AvgIpc) is 3.23. The minimum absolute atomic E-state index is 0.256. The molecule has 1 N–H and O–H groups in total. The number of fused-ring (bicyclic) bond motifs is 2. The maximum Gasteiger partial charge on any atom is 0.149 e. The minimum atomic E-state index is -0.256. The molecular weight excluding hydrogens is 425 g/mol. The van der Waals surface area contributed by atoms with Gasteiger partial charge in [-0.25, -0.2) is 9.37 Å². The number of aryl methyl sites for hydroxylation is 1. The molecule has 4 nitrogen and oxygen atoms in total. The first kappa shape index (κ1) is 22.1. The first-order valence-corrected chi connectivity index (χ1v) is 11.7. The number of rotatable bonds is 6. The lowest BCUT2D eigenvalue weighted by molar-refractivity contribution is 0.337. The molecular formula is C29H28FN3O. The summed E-state index contributed by atoms with van der Waals surface area (Å²) in [6.07, 6.45) is 4.70. The molecule has 1 atom stereocenters. The van der Waals surface area contributed by atoms with Crippen molar-refractivity contribution >= 4 is 16.6 Å². The second kappa shape index (κ2) is 9.26. The lowest BCUT2D eigenvalue weighted by Crippen LogP contribution is -2.17. The zero-order chi connectivity index (χ0) is 23.7. The van der Waals surface area contributed by atoms with E-state index < -0.39 is 0 Å². The molecule has 5 rings (SSSR count). The highest BCUT2D eigenvalue weighted by molar-refractivity contribution is 5.87. The summed E-state index contributed by atoms with van der Waals surface area (Å²) in [5.41, 5.74) is 8.33. The molecule has 2 aromatic carbocycles. The van der Waals surface area contributed by atoms with E-state index in [2.05, 4.69) is 61.4 Å². The van der Waals surface area contributed by atoms with Crippen molar-refractivity contribution in [3.05, 3.63) is 95.1 Å². The van der Waals surface area contributed by atoms with Gasteiger partial charge in [0.05, 0.1) is 12.1 Å². The van der Waals surface area contributed by atoms with E-state index in [1.165, 1.54) is 34.2 Å². The molecule has 3 heterocycles. The Hall–Kier alpha value is -3.73. The zero-order valence-electron chi connectivity index (χ0n) is 19.7. The number of benzene rings is 2. The van der Waals surface area contributed by atoms with Crippen LogP contribution < -0.4 is 10.1 Å². The van der Waals surface area contributed by atoms with Gasteiger partial charge in [0.2, 0.25) is 0 Å². The molecule has 0 amide bonds. The van der Waals surface area contributed by atoms with Crippen LogP contribution in [0.15, 0.2) is 66.9 Å². The van der Waals surface area contributed by atoms with Gasteiger partial charge in [0, 0.05) is 58.5 Å². The Morgan fingerprint density at radius 1 is 1.18 bits per heavy atom. The highest BCUT2D eigenvalue weighted by atomic mass is 19.1. The first-order valence-electron chi connectivity index (χ1n) is 11.7. The summed E-state index contributed by atoms with van der Waals surface area (Å²) in [6, 6.07) is 16.9. The fourth-order valence-electron chi connectivity index (χ4n) is 4.63. The zero-order valence-corrected chi connectivity index (χ0v) is 19.7. The fourth-order valence-corrected chi connectivity index (χ4v) is 4.63. The number of aromatic nitrogens is 2. The van der Waals surface area contributed by atoms with Gasteiger partial charge in [-0.15, -0.1) is 0 Å². The number of pyridine rings is 2. The van der Waals surface area contributed by atoms with E-state index in [0.29, 0.717) is 12.5 Å². The molecule has 172 valence electrons. The molecule has 5 heteroatoms. The predicted octanol–water partition coefficient (Wildman–Crippen LogP) is 6.43. The van der Waals surface area contributed by atoms with Crippen molar-refractivity contribution in [2.24, 2.45) is 0 Å². The van der Waals surface area contributed by atoms with Crippen molar-refractivity contribution in [3.63, 3.8) is 0 Å². The van der Waals surface area contributed by atoms with Crippen molar-refractivity contribution in [2.45, 2.75) is 33.1 Å². The van der Waals surface area contributed by atoms with Gasteiger partial charge in [0.15, 0.2) is 0 Å². The summed E-state index contributed by atoms with van der Waals surface area (Å²) in [5.74, 6) is 0.878. The van der Waals surface area contributed by atoms with Crippen LogP contribution in [0.3, 0.4) is 0 Å². The molecule has 34 heavy (non-hydrogen) atoms. The van der Waals surface area contributed by atoms with Gasteiger partial charge in [0.25, 0.3) is 0 Å². The summed E-state index contributed by atoms with van der Waals surface area (Å²) < 4.78 is 19.4. The smallest absolute Gasteiger partial charge is 0.149 e. The van der Waals surface area contributed by atoms with Crippen LogP contribution in [0.2, 0.25) is 0 Å². The Balaban J connectivity index is 1.38. The summed E-state index contributed by atoms with van der Waals surface area (Å²) in [5, 5.41) is 4.77. The second-order valence-corrected chi connectivity index (χ2v) is 8.79. The number of allylic oxidation sites excluding steroid dienone is 1. The van der Waals surface area contributed by atoms with Crippen LogP contribution in [0.5, 0.6) is 5.75 Å². The Morgan fingerprint density at radius 2 is 2.00 bits per heavy atom. The van der Waals surface area contributed by atoms with Crippen LogP contribution >= 0.6 is 0 Å². The second-order valence-electron chi connectivity index (χ2n) is 8.79. The van der Waals surface area contributed by atoms with Crippen molar-refractivity contribution in [3.8, 4) is 17.0 Å². The van der Waals surface area contributed by atoms with Gasteiger partial charge in [-0.1, -0.05) is 25.1 Å². The summed E-state index contributed by atoms with van der Waals surface area (Å²) >= 11 is 0. The van der Waals surface area contributed by atoms with E-state index in [-0.39, 0.29) is 5.82 Å². The molecule has 1 aliphatic rings. The van der Waals surface area contributed by atoms with Gasteiger partial charge >= 0.3 is 0 Å². The summed E-state index contributed by atoms with van der Waals surface area (Å²) in [4.78, 5) is 9.38.